The van der Waals surface area contributed by atoms with E-state index in [1.165, 1.54) is 13.0 Å². The zero-order valence-electron chi connectivity index (χ0n) is 11.7. The lowest BCUT2D eigenvalue weighted by molar-refractivity contribution is 0.281. The number of hydrogen-bond donors (Lipinski definition) is 2. The van der Waals surface area contributed by atoms with Gasteiger partial charge in [-0.25, -0.2) is 17.5 Å². The summed E-state index contributed by atoms with van der Waals surface area (Å²) in [4.78, 5) is -0.0827. The Morgan fingerprint density at radius 3 is 2.65 bits per heavy atom. The van der Waals surface area contributed by atoms with Crippen molar-refractivity contribution in [3.8, 4) is 0 Å². The summed E-state index contributed by atoms with van der Waals surface area (Å²) >= 11 is 0. The van der Waals surface area contributed by atoms with Crippen molar-refractivity contribution in [1.29, 1.82) is 0 Å². The first-order valence-electron chi connectivity index (χ1n) is 6.77. The summed E-state index contributed by atoms with van der Waals surface area (Å²) in [5.41, 5.74) is 0.341. The van der Waals surface area contributed by atoms with Gasteiger partial charge < -0.3 is 5.11 Å². The molecule has 20 heavy (non-hydrogen) atoms. The van der Waals surface area contributed by atoms with Crippen LogP contribution in [0.2, 0.25) is 0 Å². The Bertz CT molecular complexity index is 601. The van der Waals surface area contributed by atoms with E-state index in [9.17, 15) is 12.8 Å². The number of aliphatic hydroxyl groups excluding tert-OH is 1. The van der Waals surface area contributed by atoms with Crippen LogP contribution in [0.15, 0.2) is 17.0 Å². The summed E-state index contributed by atoms with van der Waals surface area (Å²) in [6, 6.07) is 2.40. The number of rotatable bonds is 4. The molecule has 4 nitrogen and oxygen atoms in total. The van der Waals surface area contributed by atoms with Gasteiger partial charge in [0.05, 0.1) is 11.5 Å². The first-order chi connectivity index (χ1) is 9.35. The van der Waals surface area contributed by atoms with Gasteiger partial charge >= 0.3 is 0 Å². The van der Waals surface area contributed by atoms with Gasteiger partial charge in [0, 0.05) is 11.6 Å². The molecule has 2 atom stereocenters. The molecule has 1 aliphatic carbocycles. The molecule has 0 heterocycles. The van der Waals surface area contributed by atoms with Crippen LogP contribution >= 0.6 is 0 Å². The Hall–Kier alpha value is -0.980. The van der Waals surface area contributed by atoms with Gasteiger partial charge in [0.2, 0.25) is 10.0 Å². The van der Waals surface area contributed by atoms with Gasteiger partial charge in [-0.2, -0.15) is 0 Å². The van der Waals surface area contributed by atoms with Crippen LogP contribution in [0.3, 0.4) is 0 Å². The fourth-order valence-corrected chi connectivity index (χ4v) is 4.34. The maximum Gasteiger partial charge on any atom is 0.241 e. The smallest absolute Gasteiger partial charge is 0.241 e. The number of hydrogen-bond acceptors (Lipinski definition) is 3. The summed E-state index contributed by atoms with van der Waals surface area (Å²) < 4.78 is 41.2. The molecule has 1 saturated carbocycles. The van der Waals surface area contributed by atoms with Crippen molar-refractivity contribution in [1.82, 2.24) is 4.72 Å². The third-order valence-corrected chi connectivity index (χ3v) is 5.61. The molecule has 2 unspecified atom stereocenters. The molecule has 2 rings (SSSR count). The molecule has 1 fully saturated rings. The molecule has 0 bridgehead atoms. The highest BCUT2D eigenvalue weighted by atomic mass is 32.2. The summed E-state index contributed by atoms with van der Waals surface area (Å²) in [6.45, 7) is 3.06. The second-order valence-corrected chi connectivity index (χ2v) is 7.18. The fraction of sp³-hybridized carbons (Fsp3) is 0.571. The molecule has 0 aliphatic heterocycles. The average Bonchev–Trinajstić information content (AvgIpc) is 2.77. The summed E-state index contributed by atoms with van der Waals surface area (Å²) in [6.07, 6.45) is 2.80. The quantitative estimate of drug-likeness (QED) is 0.895. The average molecular weight is 301 g/mol. The van der Waals surface area contributed by atoms with Crippen LogP contribution in [-0.2, 0) is 16.6 Å². The predicted octanol–water partition coefficient (Wildman–Crippen LogP) is 2.09. The number of aliphatic hydroxyl groups is 1. The van der Waals surface area contributed by atoms with Crippen LogP contribution in [0.25, 0.3) is 0 Å². The number of benzene rings is 1. The van der Waals surface area contributed by atoms with E-state index in [1.54, 1.807) is 0 Å². The molecular weight excluding hydrogens is 281 g/mol. The Balaban J connectivity index is 2.36. The van der Waals surface area contributed by atoms with Crippen molar-refractivity contribution in [3.63, 3.8) is 0 Å². The SMILES string of the molecule is Cc1c(F)cc(CO)cc1S(=O)(=O)NC1CCCC1C. The molecule has 0 aromatic heterocycles. The molecular formula is C14H20FNO3S. The van der Waals surface area contributed by atoms with E-state index in [1.807, 2.05) is 6.92 Å². The van der Waals surface area contributed by atoms with E-state index >= 15 is 0 Å². The van der Waals surface area contributed by atoms with E-state index in [4.69, 9.17) is 5.11 Å². The minimum Gasteiger partial charge on any atom is -0.392 e. The van der Waals surface area contributed by atoms with Crippen molar-refractivity contribution >= 4 is 10.0 Å². The Labute approximate surface area is 119 Å². The summed E-state index contributed by atoms with van der Waals surface area (Å²) in [5.74, 6) is -0.327. The summed E-state index contributed by atoms with van der Waals surface area (Å²) in [7, 11) is -3.76. The Morgan fingerprint density at radius 1 is 1.40 bits per heavy atom. The van der Waals surface area contributed by atoms with E-state index in [0.29, 0.717) is 0 Å². The number of nitrogens with one attached hydrogen (secondary N) is 1. The zero-order chi connectivity index (χ0) is 14.9. The largest absolute Gasteiger partial charge is 0.392 e. The highest BCUT2D eigenvalue weighted by molar-refractivity contribution is 7.89. The third-order valence-electron chi connectivity index (χ3n) is 4.00. The van der Waals surface area contributed by atoms with Gasteiger partial charge in [-0.3, -0.25) is 0 Å². The van der Waals surface area contributed by atoms with E-state index in [0.717, 1.165) is 25.3 Å². The standard InChI is InChI=1S/C14H20FNO3S/c1-9-4-3-5-13(9)16-20(18,19)14-7-11(8-17)6-12(15)10(14)2/h6-7,9,13,16-17H,3-5,8H2,1-2H3. The monoisotopic (exact) mass is 301 g/mol. The second-order valence-electron chi connectivity index (χ2n) is 5.49. The second kappa shape index (κ2) is 5.79. The van der Waals surface area contributed by atoms with Gasteiger partial charge in [0.25, 0.3) is 0 Å². The topological polar surface area (TPSA) is 66.4 Å². The molecule has 0 radical (unpaired) electrons. The lowest BCUT2D eigenvalue weighted by Gasteiger charge is -2.19. The fourth-order valence-electron chi connectivity index (χ4n) is 2.66. The molecule has 1 aliphatic rings. The van der Waals surface area contributed by atoms with Crippen molar-refractivity contribution in [3.05, 3.63) is 29.1 Å². The maximum atomic E-state index is 13.7. The van der Waals surface area contributed by atoms with E-state index in [2.05, 4.69) is 4.72 Å². The summed E-state index contributed by atoms with van der Waals surface area (Å²) in [5, 5.41) is 9.09. The maximum absolute atomic E-state index is 13.7. The minimum absolute atomic E-state index is 0.0827. The molecule has 2 N–H and O–H groups in total. The van der Waals surface area contributed by atoms with E-state index in [-0.39, 0.29) is 34.6 Å². The van der Waals surface area contributed by atoms with Crippen LogP contribution in [0.5, 0.6) is 0 Å². The van der Waals surface area contributed by atoms with Crippen LogP contribution in [0.1, 0.15) is 37.3 Å². The molecule has 0 spiro atoms. The normalized spacial score (nSPS) is 23.2. The molecule has 0 amide bonds. The molecule has 1 aromatic carbocycles. The van der Waals surface area contributed by atoms with Gasteiger partial charge in [0.1, 0.15) is 5.82 Å². The Morgan fingerprint density at radius 2 is 2.10 bits per heavy atom. The lowest BCUT2D eigenvalue weighted by Crippen LogP contribution is -2.36. The van der Waals surface area contributed by atoms with Crippen molar-refractivity contribution < 1.29 is 17.9 Å². The molecule has 112 valence electrons. The van der Waals surface area contributed by atoms with Crippen molar-refractivity contribution in [2.75, 3.05) is 0 Å². The first-order valence-corrected chi connectivity index (χ1v) is 8.25. The Kier molecular flexibility index (Phi) is 4.46. The molecule has 0 saturated heterocycles. The van der Waals surface area contributed by atoms with Crippen LogP contribution in [0.4, 0.5) is 4.39 Å². The van der Waals surface area contributed by atoms with Gasteiger partial charge in [0.15, 0.2) is 0 Å². The van der Waals surface area contributed by atoms with Crippen molar-refractivity contribution in [2.24, 2.45) is 5.92 Å². The molecule has 6 heteroatoms. The van der Waals surface area contributed by atoms with Crippen molar-refractivity contribution in [2.45, 2.75) is 50.7 Å². The predicted molar refractivity (Wildman–Crippen MR) is 74.2 cm³/mol. The molecule has 1 aromatic rings. The lowest BCUT2D eigenvalue weighted by atomic mass is 10.1. The van der Waals surface area contributed by atoms with Crippen LogP contribution in [0, 0.1) is 18.7 Å². The van der Waals surface area contributed by atoms with E-state index < -0.39 is 15.8 Å². The minimum atomic E-state index is -3.76. The number of halogens is 1. The zero-order valence-corrected chi connectivity index (χ0v) is 12.5. The third kappa shape index (κ3) is 3.02. The van der Waals surface area contributed by atoms with Gasteiger partial charge in [-0.05, 0) is 43.4 Å². The van der Waals surface area contributed by atoms with Gasteiger partial charge in [-0.1, -0.05) is 13.3 Å². The number of sulfonamides is 1. The van der Waals surface area contributed by atoms with Crippen LogP contribution < -0.4 is 4.72 Å². The highest BCUT2D eigenvalue weighted by Crippen LogP contribution is 2.27. The van der Waals surface area contributed by atoms with Crippen LogP contribution in [-0.4, -0.2) is 19.6 Å². The highest BCUT2D eigenvalue weighted by Gasteiger charge is 2.29. The first kappa shape index (κ1) is 15.4. The van der Waals surface area contributed by atoms with Gasteiger partial charge in [-0.15, -0.1) is 0 Å².